The second kappa shape index (κ2) is 8.06. The molecule has 2 N–H and O–H groups in total. The molecule has 102 valence electrons. The Morgan fingerprint density at radius 2 is 2.00 bits per heavy atom. The lowest BCUT2D eigenvalue weighted by atomic mass is 9.93. The first kappa shape index (κ1) is 14.9. The highest BCUT2D eigenvalue weighted by molar-refractivity contribution is 4.84. The fraction of sp³-hybridized carbons (Fsp3) is 1.00. The third-order valence-electron chi connectivity index (χ3n) is 3.94. The Balaban J connectivity index is 2.34. The molecule has 0 bridgehead atoms. The molecule has 1 aliphatic rings. The molecule has 3 nitrogen and oxygen atoms in total. The summed E-state index contributed by atoms with van der Waals surface area (Å²) in [7, 11) is 0. The zero-order chi connectivity index (χ0) is 12.6. The van der Waals surface area contributed by atoms with Gasteiger partial charge in [-0.2, -0.15) is 0 Å². The van der Waals surface area contributed by atoms with Gasteiger partial charge in [0.15, 0.2) is 0 Å². The van der Waals surface area contributed by atoms with Crippen LogP contribution in [0.2, 0.25) is 0 Å². The van der Waals surface area contributed by atoms with Crippen LogP contribution in [-0.2, 0) is 9.47 Å². The molecule has 0 saturated carbocycles. The van der Waals surface area contributed by atoms with Gasteiger partial charge in [-0.15, -0.1) is 0 Å². The van der Waals surface area contributed by atoms with Crippen molar-refractivity contribution < 1.29 is 9.47 Å². The Morgan fingerprint density at radius 3 is 2.53 bits per heavy atom. The van der Waals surface area contributed by atoms with Gasteiger partial charge >= 0.3 is 0 Å². The summed E-state index contributed by atoms with van der Waals surface area (Å²) in [4.78, 5) is 0. The summed E-state index contributed by atoms with van der Waals surface area (Å²) in [5.41, 5.74) is 5.79. The average Bonchev–Trinajstić information content (AvgIpc) is 2.40. The van der Waals surface area contributed by atoms with Crippen LogP contribution in [0.25, 0.3) is 0 Å². The van der Waals surface area contributed by atoms with Crippen LogP contribution in [-0.4, -0.2) is 32.0 Å². The van der Waals surface area contributed by atoms with Crippen LogP contribution in [0, 0.1) is 5.92 Å². The van der Waals surface area contributed by atoms with Crippen molar-refractivity contribution in [3.8, 4) is 0 Å². The van der Waals surface area contributed by atoms with E-state index < -0.39 is 0 Å². The van der Waals surface area contributed by atoms with Gasteiger partial charge < -0.3 is 15.2 Å². The number of rotatable bonds is 8. The maximum absolute atomic E-state index is 6.16. The van der Waals surface area contributed by atoms with Crippen LogP contribution in [0.4, 0.5) is 0 Å². The van der Waals surface area contributed by atoms with Gasteiger partial charge in [0.25, 0.3) is 0 Å². The van der Waals surface area contributed by atoms with Gasteiger partial charge in [0.2, 0.25) is 0 Å². The van der Waals surface area contributed by atoms with E-state index >= 15 is 0 Å². The van der Waals surface area contributed by atoms with Crippen molar-refractivity contribution in [2.24, 2.45) is 11.7 Å². The summed E-state index contributed by atoms with van der Waals surface area (Å²) in [6.07, 6.45) is 6.97. The molecule has 0 spiro atoms. The quantitative estimate of drug-likeness (QED) is 0.713. The smallest absolute Gasteiger partial charge is 0.0848 e. The molecule has 3 heteroatoms. The molecule has 0 radical (unpaired) electrons. The molecule has 0 aromatic heterocycles. The second-order valence-corrected chi connectivity index (χ2v) is 5.23. The maximum Gasteiger partial charge on any atom is 0.0848 e. The largest absolute Gasteiger partial charge is 0.381 e. The fourth-order valence-corrected chi connectivity index (χ4v) is 2.34. The average molecular weight is 243 g/mol. The molecule has 1 rings (SSSR count). The predicted octanol–water partition coefficient (Wildman–Crippen LogP) is 2.73. The monoisotopic (exact) mass is 243 g/mol. The zero-order valence-corrected chi connectivity index (χ0v) is 11.5. The summed E-state index contributed by atoms with van der Waals surface area (Å²) in [5, 5.41) is 0. The molecule has 1 unspecified atom stereocenters. The first-order chi connectivity index (χ1) is 8.26. The molecule has 1 heterocycles. The van der Waals surface area contributed by atoms with Crippen molar-refractivity contribution in [1.29, 1.82) is 0 Å². The van der Waals surface area contributed by atoms with Crippen molar-refractivity contribution in [1.82, 2.24) is 0 Å². The van der Waals surface area contributed by atoms with Crippen molar-refractivity contribution in [2.75, 3.05) is 26.4 Å². The third kappa shape index (κ3) is 4.94. The second-order valence-electron chi connectivity index (χ2n) is 5.23. The summed E-state index contributed by atoms with van der Waals surface area (Å²) in [6, 6.07) is 0. The lowest BCUT2D eigenvalue weighted by Crippen LogP contribution is -2.46. The molecule has 0 amide bonds. The van der Waals surface area contributed by atoms with Crippen LogP contribution < -0.4 is 5.73 Å². The Morgan fingerprint density at radius 1 is 1.29 bits per heavy atom. The van der Waals surface area contributed by atoms with E-state index in [2.05, 4.69) is 13.8 Å². The van der Waals surface area contributed by atoms with Crippen LogP contribution in [0.3, 0.4) is 0 Å². The van der Waals surface area contributed by atoms with Gasteiger partial charge in [0, 0.05) is 32.6 Å². The van der Waals surface area contributed by atoms with Crippen LogP contribution in [0.1, 0.15) is 52.4 Å². The van der Waals surface area contributed by atoms with Crippen LogP contribution in [0.5, 0.6) is 0 Å². The Labute approximate surface area is 106 Å². The Hall–Kier alpha value is -0.120. The van der Waals surface area contributed by atoms with Gasteiger partial charge in [0.05, 0.1) is 12.2 Å². The maximum atomic E-state index is 6.16. The molecule has 17 heavy (non-hydrogen) atoms. The molecule has 0 aromatic carbocycles. The minimum atomic E-state index is -0.0993. The van der Waals surface area contributed by atoms with Crippen LogP contribution in [0.15, 0.2) is 0 Å². The van der Waals surface area contributed by atoms with E-state index in [1.807, 2.05) is 0 Å². The lowest BCUT2D eigenvalue weighted by Gasteiger charge is -2.37. The van der Waals surface area contributed by atoms with E-state index in [9.17, 15) is 0 Å². The van der Waals surface area contributed by atoms with Gasteiger partial charge in [0.1, 0.15) is 0 Å². The van der Waals surface area contributed by atoms with Crippen molar-refractivity contribution >= 4 is 0 Å². The summed E-state index contributed by atoms with van der Waals surface area (Å²) >= 11 is 0. The van der Waals surface area contributed by atoms with Gasteiger partial charge in [-0.05, 0) is 12.3 Å². The SMILES string of the molecule is CCCCC(CC)COC1(CN)CCOCC1. The van der Waals surface area contributed by atoms with E-state index in [-0.39, 0.29) is 5.60 Å². The van der Waals surface area contributed by atoms with Gasteiger partial charge in [-0.3, -0.25) is 0 Å². The minimum Gasteiger partial charge on any atom is -0.381 e. The fourth-order valence-electron chi connectivity index (χ4n) is 2.34. The predicted molar refractivity (Wildman–Crippen MR) is 71.1 cm³/mol. The van der Waals surface area contributed by atoms with Crippen LogP contribution >= 0.6 is 0 Å². The Bertz CT molecular complexity index is 191. The number of unbranched alkanes of at least 4 members (excludes halogenated alkanes) is 1. The normalized spacial score (nSPS) is 21.4. The molecular weight excluding hydrogens is 214 g/mol. The molecular formula is C14H29NO2. The van der Waals surface area contributed by atoms with Crippen molar-refractivity contribution in [2.45, 2.75) is 58.0 Å². The number of hydrogen-bond acceptors (Lipinski definition) is 3. The first-order valence-electron chi connectivity index (χ1n) is 7.18. The molecule has 1 fully saturated rings. The van der Waals surface area contributed by atoms with Gasteiger partial charge in [-0.25, -0.2) is 0 Å². The minimum absolute atomic E-state index is 0.0993. The van der Waals surface area contributed by atoms with E-state index in [0.717, 1.165) is 32.7 Å². The van der Waals surface area contributed by atoms with E-state index in [0.29, 0.717) is 12.5 Å². The standard InChI is InChI=1S/C14H29NO2/c1-3-5-6-13(4-2)11-17-14(12-15)7-9-16-10-8-14/h13H,3-12,15H2,1-2H3. The molecule has 0 aliphatic carbocycles. The molecule has 1 saturated heterocycles. The number of nitrogens with two attached hydrogens (primary N) is 1. The first-order valence-corrected chi connectivity index (χ1v) is 7.18. The third-order valence-corrected chi connectivity index (χ3v) is 3.94. The number of hydrogen-bond donors (Lipinski definition) is 1. The summed E-state index contributed by atoms with van der Waals surface area (Å²) in [6.45, 7) is 7.58. The van der Waals surface area contributed by atoms with Crippen molar-refractivity contribution in [3.63, 3.8) is 0 Å². The van der Waals surface area contributed by atoms with E-state index in [4.69, 9.17) is 15.2 Å². The summed E-state index contributed by atoms with van der Waals surface area (Å²) < 4.78 is 11.6. The van der Waals surface area contributed by atoms with Crippen molar-refractivity contribution in [3.05, 3.63) is 0 Å². The highest BCUT2D eigenvalue weighted by Gasteiger charge is 2.32. The highest BCUT2D eigenvalue weighted by Crippen LogP contribution is 2.26. The van der Waals surface area contributed by atoms with E-state index in [1.165, 1.54) is 25.7 Å². The highest BCUT2D eigenvalue weighted by atomic mass is 16.5. The Kier molecular flexibility index (Phi) is 7.09. The topological polar surface area (TPSA) is 44.5 Å². The molecule has 0 aromatic rings. The zero-order valence-electron chi connectivity index (χ0n) is 11.5. The molecule has 1 atom stereocenters. The number of ether oxygens (including phenoxy) is 2. The lowest BCUT2D eigenvalue weighted by molar-refractivity contribution is -0.114. The van der Waals surface area contributed by atoms with Gasteiger partial charge in [-0.1, -0.05) is 33.1 Å². The van der Waals surface area contributed by atoms with E-state index in [1.54, 1.807) is 0 Å². The summed E-state index contributed by atoms with van der Waals surface area (Å²) in [5.74, 6) is 0.696. The molecule has 1 aliphatic heterocycles.